The minimum atomic E-state index is -3.98. The molecule has 2 aromatic rings. The number of nitrogens with one attached hydrogen (secondary N) is 2. The first-order chi connectivity index (χ1) is 9.81. The van der Waals surface area contributed by atoms with Gasteiger partial charge < -0.3 is 5.11 Å². The Morgan fingerprint density at radius 1 is 1.38 bits per heavy atom. The third kappa shape index (κ3) is 3.26. The second-order valence-electron chi connectivity index (χ2n) is 4.46. The second kappa shape index (κ2) is 5.62. The van der Waals surface area contributed by atoms with E-state index in [4.69, 9.17) is 5.11 Å². The van der Waals surface area contributed by atoms with Crippen molar-refractivity contribution in [3.05, 3.63) is 41.0 Å². The molecule has 0 radical (unpaired) electrons. The van der Waals surface area contributed by atoms with Crippen molar-refractivity contribution in [3.63, 3.8) is 0 Å². The summed E-state index contributed by atoms with van der Waals surface area (Å²) in [6, 6.07) is 3.50. The molecule has 0 atom stereocenters. The van der Waals surface area contributed by atoms with Gasteiger partial charge in [-0.15, -0.1) is 0 Å². The quantitative estimate of drug-likeness (QED) is 0.742. The Balaban J connectivity index is 2.25. The molecule has 9 heteroatoms. The summed E-state index contributed by atoms with van der Waals surface area (Å²) >= 11 is 0. The SMILES string of the molecule is Cc1ccc(CNS(=O)(=O)c2c(C(=O)O)n[nH]c2C)cn1. The number of carboxylic acid groups (broad SMARTS) is 1. The Morgan fingerprint density at radius 2 is 2.10 bits per heavy atom. The number of nitrogens with zero attached hydrogens (tertiary/aromatic N) is 2. The summed E-state index contributed by atoms with van der Waals surface area (Å²) in [5.74, 6) is -1.41. The van der Waals surface area contributed by atoms with E-state index in [1.165, 1.54) is 6.92 Å². The van der Waals surface area contributed by atoms with Crippen LogP contribution in [0.4, 0.5) is 0 Å². The number of aryl methyl sites for hydroxylation is 2. The lowest BCUT2D eigenvalue weighted by Gasteiger charge is -2.07. The topological polar surface area (TPSA) is 125 Å². The van der Waals surface area contributed by atoms with Gasteiger partial charge in [-0.2, -0.15) is 5.10 Å². The first-order valence-electron chi connectivity index (χ1n) is 6.00. The van der Waals surface area contributed by atoms with Crippen molar-refractivity contribution in [1.29, 1.82) is 0 Å². The average Bonchev–Trinajstić information content (AvgIpc) is 2.81. The summed E-state index contributed by atoms with van der Waals surface area (Å²) in [5, 5.41) is 14.8. The summed E-state index contributed by atoms with van der Waals surface area (Å²) in [6.45, 7) is 3.28. The monoisotopic (exact) mass is 310 g/mol. The van der Waals surface area contributed by atoms with Crippen molar-refractivity contribution in [1.82, 2.24) is 19.9 Å². The van der Waals surface area contributed by atoms with Crippen LogP contribution in [-0.2, 0) is 16.6 Å². The first-order valence-corrected chi connectivity index (χ1v) is 7.49. The number of carboxylic acids is 1. The van der Waals surface area contributed by atoms with Gasteiger partial charge in [0.25, 0.3) is 0 Å². The van der Waals surface area contributed by atoms with Crippen LogP contribution in [0.2, 0.25) is 0 Å². The maximum atomic E-state index is 12.2. The molecule has 112 valence electrons. The van der Waals surface area contributed by atoms with Gasteiger partial charge in [0, 0.05) is 18.4 Å². The third-order valence-electron chi connectivity index (χ3n) is 2.80. The van der Waals surface area contributed by atoms with E-state index in [1.807, 2.05) is 6.92 Å². The number of hydrogen-bond acceptors (Lipinski definition) is 5. The number of aromatic amines is 1. The molecular weight excluding hydrogens is 296 g/mol. The molecule has 0 aliphatic carbocycles. The molecule has 0 bridgehead atoms. The van der Waals surface area contributed by atoms with Crippen molar-refractivity contribution >= 4 is 16.0 Å². The van der Waals surface area contributed by atoms with E-state index >= 15 is 0 Å². The van der Waals surface area contributed by atoms with Crippen molar-refractivity contribution in [2.45, 2.75) is 25.3 Å². The number of aromatic carboxylic acids is 1. The highest BCUT2D eigenvalue weighted by atomic mass is 32.2. The fourth-order valence-electron chi connectivity index (χ4n) is 1.75. The predicted octanol–water partition coefficient (Wildman–Crippen LogP) is 0.598. The van der Waals surface area contributed by atoms with Crippen LogP contribution in [-0.4, -0.2) is 34.7 Å². The molecule has 0 aliphatic heterocycles. The lowest BCUT2D eigenvalue weighted by Crippen LogP contribution is -2.25. The van der Waals surface area contributed by atoms with Gasteiger partial charge in [0.15, 0.2) is 5.69 Å². The molecule has 0 aromatic carbocycles. The Kier molecular flexibility index (Phi) is 4.05. The Labute approximate surface area is 121 Å². The maximum absolute atomic E-state index is 12.2. The van der Waals surface area contributed by atoms with Gasteiger partial charge in [-0.25, -0.2) is 17.9 Å². The van der Waals surface area contributed by atoms with Gasteiger partial charge in [-0.1, -0.05) is 6.07 Å². The summed E-state index contributed by atoms with van der Waals surface area (Å²) in [6.07, 6.45) is 1.55. The first kappa shape index (κ1) is 15.1. The van der Waals surface area contributed by atoms with E-state index in [2.05, 4.69) is 19.9 Å². The van der Waals surface area contributed by atoms with Crippen LogP contribution in [0.25, 0.3) is 0 Å². The molecule has 21 heavy (non-hydrogen) atoms. The smallest absolute Gasteiger partial charge is 0.357 e. The molecule has 2 aromatic heterocycles. The van der Waals surface area contributed by atoms with E-state index in [-0.39, 0.29) is 17.1 Å². The summed E-state index contributed by atoms with van der Waals surface area (Å²) in [4.78, 5) is 14.7. The van der Waals surface area contributed by atoms with Crippen molar-refractivity contribution in [3.8, 4) is 0 Å². The van der Waals surface area contributed by atoms with E-state index in [0.29, 0.717) is 5.56 Å². The largest absolute Gasteiger partial charge is 0.476 e. The van der Waals surface area contributed by atoms with Crippen LogP contribution in [0.3, 0.4) is 0 Å². The summed E-state index contributed by atoms with van der Waals surface area (Å²) in [5.41, 5.74) is 1.13. The van der Waals surface area contributed by atoms with E-state index in [1.54, 1.807) is 18.3 Å². The van der Waals surface area contributed by atoms with Gasteiger partial charge >= 0.3 is 5.97 Å². The lowest BCUT2D eigenvalue weighted by atomic mass is 10.2. The van der Waals surface area contributed by atoms with Crippen LogP contribution in [0.5, 0.6) is 0 Å². The molecule has 2 heterocycles. The molecule has 8 nitrogen and oxygen atoms in total. The lowest BCUT2D eigenvalue weighted by molar-refractivity contribution is 0.0686. The minimum absolute atomic E-state index is 0.0132. The van der Waals surface area contributed by atoms with E-state index < -0.39 is 21.7 Å². The van der Waals surface area contributed by atoms with Gasteiger partial charge in [0.05, 0.1) is 5.69 Å². The molecule has 2 rings (SSSR count). The number of H-pyrrole nitrogens is 1. The van der Waals surface area contributed by atoms with Crippen LogP contribution in [0.1, 0.15) is 27.4 Å². The molecule has 0 unspecified atom stereocenters. The van der Waals surface area contributed by atoms with Gasteiger partial charge in [0.1, 0.15) is 4.90 Å². The Hall–Kier alpha value is -2.26. The fraction of sp³-hybridized carbons (Fsp3) is 0.250. The number of hydrogen-bond donors (Lipinski definition) is 3. The number of carbonyl (C=O) groups is 1. The maximum Gasteiger partial charge on any atom is 0.357 e. The van der Waals surface area contributed by atoms with Crippen LogP contribution < -0.4 is 4.72 Å². The number of rotatable bonds is 5. The highest BCUT2D eigenvalue weighted by molar-refractivity contribution is 7.89. The zero-order valence-electron chi connectivity index (χ0n) is 11.4. The zero-order valence-corrected chi connectivity index (χ0v) is 12.2. The summed E-state index contributed by atoms with van der Waals surface area (Å²) in [7, 11) is -3.98. The van der Waals surface area contributed by atoms with Gasteiger partial charge in [-0.3, -0.25) is 10.1 Å². The van der Waals surface area contributed by atoms with Crippen molar-refractivity contribution < 1.29 is 18.3 Å². The number of aromatic nitrogens is 3. The molecular formula is C12H14N4O4S. The van der Waals surface area contributed by atoms with Gasteiger partial charge in [-0.05, 0) is 25.5 Å². The molecule has 0 fully saturated rings. The number of pyridine rings is 1. The minimum Gasteiger partial charge on any atom is -0.476 e. The van der Waals surface area contributed by atoms with E-state index in [0.717, 1.165) is 5.69 Å². The van der Waals surface area contributed by atoms with Crippen molar-refractivity contribution in [2.24, 2.45) is 0 Å². The molecule has 3 N–H and O–H groups in total. The normalized spacial score (nSPS) is 11.5. The standard InChI is InChI=1S/C12H14N4O4S/c1-7-3-4-9(5-13-7)6-14-21(19,20)11-8(2)15-16-10(11)12(17)18/h3-5,14H,6H2,1-2H3,(H,15,16)(H,17,18). The van der Waals surface area contributed by atoms with E-state index in [9.17, 15) is 13.2 Å². The summed E-state index contributed by atoms with van der Waals surface area (Å²) < 4.78 is 26.8. The Bertz CT molecular complexity index is 765. The molecule has 0 spiro atoms. The molecule has 0 saturated heterocycles. The number of sulfonamides is 1. The highest BCUT2D eigenvalue weighted by Gasteiger charge is 2.27. The van der Waals surface area contributed by atoms with Crippen LogP contribution in [0, 0.1) is 13.8 Å². The second-order valence-corrected chi connectivity index (χ2v) is 6.17. The average molecular weight is 310 g/mol. The van der Waals surface area contributed by atoms with Crippen molar-refractivity contribution in [2.75, 3.05) is 0 Å². The van der Waals surface area contributed by atoms with Crippen LogP contribution >= 0.6 is 0 Å². The third-order valence-corrected chi connectivity index (χ3v) is 4.36. The van der Waals surface area contributed by atoms with Crippen LogP contribution in [0.15, 0.2) is 23.2 Å². The molecule has 0 saturated carbocycles. The Morgan fingerprint density at radius 3 is 2.67 bits per heavy atom. The highest BCUT2D eigenvalue weighted by Crippen LogP contribution is 2.17. The predicted molar refractivity (Wildman–Crippen MR) is 73.3 cm³/mol. The fourth-order valence-corrected chi connectivity index (χ4v) is 3.08. The van der Waals surface area contributed by atoms with Gasteiger partial charge in [0.2, 0.25) is 10.0 Å². The molecule has 0 aliphatic rings. The molecule has 0 amide bonds. The zero-order chi connectivity index (χ0) is 15.6.